The molecule has 0 unspecified atom stereocenters. The molecule has 1 aromatic carbocycles. The summed E-state index contributed by atoms with van der Waals surface area (Å²) < 4.78 is 10.0. The number of nitrogens with one attached hydrogen (secondary N) is 1. The number of thiazole rings is 1. The van der Waals surface area contributed by atoms with Crippen molar-refractivity contribution in [3.63, 3.8) is 0 Å². The van der Waals surface area contributed by atoms with E-state index in [-0.39, 0.29) is 16.7 Å². The monoisotopic (exact) mass is 365 g/mol. The molecule has 0 bridgehead atoms. The smallest absolute Gasteiger partial charge is 0.345 e. The van der Waals surface area contributed by atoms with Gasteiger partial charge in [0.25, 0.3) is 5.91 Å². The highest BCUT2D eigenvalue weighted by molar-refractivity contribution is 7.18. The minimum atomic E-state index is -0.708. The second-order valence-electron chi connectivity index (χ2n) is 4.76. The molecule has 10 heteroatoms. The van der Waals surface area contributed by atoms with Crippen LogP contribution in [0.25, 0.3) is 0 Å². The Balaban J connectivity index is 1.71. The SMILES string of the molecule is CCc1ccc(OCC(=O)OCC(=O)Nc2ncc([N+](=O)[O-])s2)cc1. The zero-order valence-electron chi connectivity index (χ0n) is 13.3. The van der Waals surface area contributed by atoms with Crippen molar-refractivity contribution >= 4 is 33.3 Å². The van der Waals surface area contributed by atoms with Crippen LogP contribution in [0.15, 0.2) is 30.5 Å². The molecule has 0 aliphatic carbocycles. The molecule has 1 amide bonds. The third-order valence-electron chi connectivity index (χ3n) is 2.97. The summed E-state index contributed by atoms with van der Waals surface area (Å²) in [5.41, 5.74) is 1.15. The standard InChI is InChI=1S/C15H15N3O6S/c1-2-10-3-5-11(6-4-10)23-9-14(20)24-8-12(19)17-15-16-7-13(25-15)18(21)22/h3-7H,2,8-9H2,1H3,(H,16,17,19). The van der Waals surface area contributed by atoms with Gasteiger partial charge in [0, 0.05) is 0 Å². The average molecular weight is 365 g/mol. The lowest BCUT2D eigenvalue weighted by atomic mass is 10.2. The topological polar surface area (TPSA) is 121 Å². The Morgan fingerprint density at radius 2 is 2.00 bits per heavy atom. The number of amides is 1. The third-order valence-corrected chi connectivity index (χ3v) is 3.84. The zero-order valence-corrected chi connectivity index (χ0v) is 14.1. The van der Waals surface area contributed by atoms with Gasteiger partial charge >= 0.3 is 11.0 Å². The molecule has 0 aliphatic heterocycles. The van der Waals surface area contributed by atoms with Crippen LogP contribution >= 0.6 is 11.3 Å². The van der Waals surface area contributed by atoms with Crippen LogP contribution in [0, 0.1) is 10.1 Å². The molecule has 0 fully saturated rings. The van der Waals surface area contributed by atoms with Gasteiger partial charge < -0.3 is 9.47 Å². The Morgan fingerprint density at radius 3 is 2.60 bits per heavy atom. The second-order valence-corrected chi connectivity index (χ2v) is 5.76. The first-order valence-corrected chi connectivity index (χ1v) is 8.07. The van der Waals surface area contributed by atoms with E-state index in [0.717, 1.165) is 18.2 Å². The van der Waals surface area contributed by atoms with Crippen LogP contribution in [0.1, 0.15) is 12.5 Å². The summed E-state index contributed by atoms with van der Waals surface area (Å²) in [5, 5.41) is 12.7. The predicted molar refractivity (Wildman–Crippen MR) is 89.7 cm³/mol. The molecule has 9 nitrogen and oxygen atoms in total. The lowest BCUT2D eigenvalue weighted by molar-refractivity contribution is -0.380. The lowest BCUT2D eigenvalue weighted by Gasteiger charge is -2.07. The normalized spacial score (nSPS) is 10.1. The van der Waals surface area contributed by atoms with Crippen molar-refractivity contribution in [1.29, 1.82) is 0 Å². The molecule has 0 saturated carbocycles. The quantitative estimate of drug-likeness (QED) is 0.432. The second kappa shape index (κ2) is 8.73. The predicted octanol–water partition coefficient (Wildman–Crippen LogP) is 2.17. The highest BCUT2D eigenvalue weighted by atomic mass is 32.1. The van der Waals surface area contributed by atoms with Crippen LogP contribution in [-0.2, 0) is 20.7 Å². The number of hydrogen-bond donors (Lipinski definition) is 1. The molecular weight excluding hydrogens is 350 g/mol. The molecule has 0 atom stereocenters. The van der Waals surface area contributed by atoms with E-state index in [2.05, 4.69) is 10.3 Å². The molecule has 25 heavy (non-hydrogen) atoms. The van der Waals surface area contributed by atoms with Crippen molar-refractivity contribution in [2.75, 3.05) is 18.5 Å². The van der Waals surface area contributed by atoms with Gasteiger partial charge in [0.2, 0.25) is 0 Å². The van der Waals surface area contributed by atoms with Crippen LogP contribution in [0.2, 0.25) is 0 Å². The number of hydrogen-bond acceptors (Lipinski definition) is 8. The summed E-state index contributed by atoms with van der Waals surface area (Å²) in [6, 6.07) is 7.27. The number of nitro groups is 1. The number of aromatic nitrogens is 1. The fourth-order valence-electron chi connectivity index (χ4n) is 1.71. The van der Waals surface area contributed by atoms with Gasteiger partial charge in [-0.3, -0.25) is 20.2 Å². The van der Waals surface area contributed by atoms with Gasteiger partial charge in [0.15, 0.2) is 18.3 Å². The van der Waals surface area contributed by atoms with Crippen LogP contribution in [-0.4, -0.2) is 35.0 Å². The van der Waals surface area contributed by atoms with E-state index < -0.39 is 23.4 Å². The van der Waals surface area contributed by atoms with E-state index in [9.17, 15) is 19.7 Å². The Bertz CT molecular complexity index is 759. The largest absolute Gasteiger partial charge is 0.482 e. The first-order chi connectivity index (χ1) is 12.0. The molecule has 1 heterocycles. The van der Waals surface area contributed by atoms with Gasteiger partial charge in [-0.25, -0.2) is 9.78 Å². The minimum Gasteiger partial charge on any atom is -0.482 e. The molecule has 2 rings (SSSR count). The fraction of sp³-hybridized carbons (Fsp3) is 0.267. The minimum absolute atomic E-state index is 0.0556. The zero-order chi connectivity index (χ0) is 18.2. The van der Waals surface area contributed by atoms with Gasteiger partial charge in [-0.05, 0) is 35.5 Å². The van der Waals surface area contributed by atoms with Crippen LogP contribution < -0.4 is 10.1 Å². The summed E-state index contributed by atoms with van der Waals surface area (Å²) in [5.74, 6) is -0.835. The lowest BCUT2D eigenvalue weighted by Crippen LogP contribution is -2.23. The summed E-state index contributed by atoms with van der Waals surface area (Å²) in [6.45, 7) is 1.16. The van der Waals surface area contributed by atoms with E-state index in [1.54, 1.807) is 12.1 Å². The Labute approximate surface area is 146 Å². The number of carbonyl (C=O) groups excluding carboxylic acids is 2. The molecule has 0 saturated heterocycles. The first-order valence-electron chi connectivity index (χ1n) is 7.25. The van der Waals surface area contributed by atoms with E-state index in [1.165, 1.54) is 0 Å². The number of rotatable bonds is 8. The number of ether oxygens (including phenoxy) is 2. The molecule has 1 N–H and O–H groups in total. The maximum Gasteiger partial charge on any atom is 0.345 e. The average Bonchev–Trinajstić information content (AvgIpc) is 3.07. The molecule has 132 valence electrons. The summed E-state index contributed by atoms with van der Waals surface area (Å²) in [7, 11) is 0. The summed E-state index contributed by atoms with van der Waals surface area (Å²) >= 11 is 0.707. The van der Waals surface area contributed by atoms with Gasteiger partial charge in [0.05, 0.1) is 4.92 Å². The van der Waals surface area contributed by atoms with E-state index in [1.807, 2.05) is 19.1 Å². The highest BCUT2D eigenvalue weighted by Crippen LogP contribution is 2.24. The van der Waals surface area contributed by atoms with E-state index in [0.29, 0.717) is 17.1 Å². The number of esters is 1. The van der Waals surface area contributed by atoms with Crippen molar-refractivity contribution in [2.24, 2.45) is 0 Å². The third kappa shape index (κ3) is 5.84. The summed E-state index contributed by atoms with van der Waals surface area (Å²) in [4.78, 5) is 36.7. The molecule has 0 spiro atoms. The van der Waals surface area contributed by atoms with Crippen molar-refractivity contribution in [3.05, 3.63) is 46.1 Å². The maximum atomic E-state index is 11.6. The number of aryl methyl sites for hydroxylation is 1. The van der Waals surface area contributed by atoms with Crippen LogP contribution in [0.3, 0.4) is 0 Å². The van der Waals surface area contributed by atoms with E-state index >= 15 is 0 Å². The van der Waals surface area contributed by atoms with Gasteiger partial charge in [-0.2, -0.15) is 0 Å². The van der Waals surface area contributed by atoms with Crippen LogP contribution in [0.5, 0.6) is 5.75 Å². The van der Waals surface area contributed by atoms with Gasteiger partial charge in [0.1, 0.15) is 11.9 Å². The molecular formula is C15H15N3O6S. The first kappa shape index (κ1) is 18.3. The molecule has 0 aliphatic rings. The van der Waals surface area contributed by atoms with Crippen molar-refractivity contribution in [3.8, 4) is 5.75 Å². The van der Waals surface area contributed by atoms with E-state index in [4.69, 9.17) is 9.47 Å². The number of benzene rings is 1. The van der Waals surface area contributed by atoms with Crippen molar-refractivity contribution in [1.82, 2.24) is 4.98 Å². The van der Waals surface area contributed by atoms with Gasteiger partial charge in [-0.15, -0.1) is 0 Å². The van der Waals surface area contributed by atoms with Gasteiger partial charge in [-0.1, -0.05) is 19.1 Å². The number of nitrogens with zero attached hydrogens (tertiary/aromatic N) is 2. The Hall–Kier alpha value is -3.01. The Morgan fingerprint density at radius 1 is 1.28 bits per heavy atom. The summed E-state index contributed by atoms with van der Waals surface area (Å²) in [6.07, 6.45) is 1.93. The Kier molecular flexibility index (Phi) is 6.40. The fourth-order valence-corrected chi connectivity index (χ4v) is 2.36. The van der Waals surface area contributed by atoms with Crippen LogP contribution in [0.4, 0.5) is 10.1 Å². The maximum absolute atomic E-state index is 11.6. The van der Waals surface area contributed by atoms with Crippen molar-refractivity contribution in [2.45, 2.75) is 13.3 Å². The highest BCUT2D eigenvalue weighted by Gasteiger charge is 2.14. The molecule has 0 radical (unpaired) electrons. The molecule has 1 aromatic heterocycles. The number of carbonyl (C=O) groups is 2. The number of anilines is 1. The van der Waals surface area contributed by atoms with Crippen molar-refractivity contribution < 1.29 is 24.0 Å². The molecule has 2 aromatic rings.